The van der Waals surface area contributed by atoms with Crippen molar-refractivity contribution < 1.29 is 13.9 Å². The number of hydrogen-bond acceptors (Lipinski definition) is 3. The van der Waals surface area contributed by atoms with Crippen LogP contribution in [0.15, 0.2) is 10.5 Å². The van der Waals surface area contributed by atoms with E-state index >= 15 is 0 Å². The minimum atomic E-state index is -0.242. The van der Waals surface area contributed by atoms with Gasteiger partial charge in [-0.15, -0.1) is 0 Å². The molecule has 1 fully saturated rings. The SMILES string of the molecule is COc1c(Br)cc(F)c(C2CCCNC2)c1OC. The Labute approximate surface area is 115 Å². The van der Waals surface area contributed by atoms with Crippen LogP contribution in [0.25, 0.3) is 0 Å². The third-order valence-corrected chi connectivity index (χ3v) is 3.88. The highest BCUT2D eigenvalue weighted by atomic mass is 79.9. The van der Waals surface area contributed by atoms with Crippen LogP contribution in [-0.2, 0) is 0 Å². The van der Waals surface area contributed by atoms with Crippen molar-refractivity contribution in [3.05, 3.63) is 21.9 Å². The smallest absolute Gasteiger partial charge is 0.175 e. The van der Waals surface area contributed by atoms with E-state index in [-0.39, 0.29) is 11.7 Å². The summed E-state index contributed by atoms with van der Waals surface area (Å²) in [5.41, 5.74) is 0.616. The molecule has 1 atom stereocenters. The molecule has 3 nitrogen and oxygen atoms in total. The molecule has 2 rings (SSSR count). The molecule has 100 valence electrons. The molecule has 0 saturated carbocycles. The van der Waals surface area contributed by atoms with Crippen molar-refractivity contribution in [2.24, 2.45) is 0 Å². The van der Waals surface area contributed by atoms with Crippen LogP contribution in [-0.4, -0.2) is 27.3 Å². The monoisotopic (exact) mass is 317 g/mol. The van der Waals surface area contributed by atoms with E-state index in [1.165, 1.54) is 6.07 Å². The van der Waals surface area contributed by atoms with E-state index in [0.717, 1.165) is 25.9 Å². The Hall–Kier alpha value is -0.810. The molecule has 0 aromatic heterocycles. The van der Waals surface area contributed by atoms with E-state index in [2.05, 4.69) is 21.2 Å². The molecule has 1 aromatic carbocycles. The Kier molecular flexibility index (Phi) is 4.45. The van der Waals surface area contributed by atoms with Gasteiger partial charge in [-0.3, -0.25) is 0 Å². The van der Waals surface area contributed by atoms with Crippen LogP contribution in [0.3, 0.4) is 0 Å². The fourth-order valence-electron chi connectivity index (χ4n) is 2.47. The lowest BCUT2D eigenvalue weighted by Gasteiger charge is -2.26. The Morgan fingerprint density at radius 2 is 2.06 bits per heavy atom. The van der Waals surface area contributed by atoms with Gasteiger partial charge in [0.1, 0.15) is 5.82 Å². The lowest BCUT2D eigenvalue weighted by atomic mass is 9.90. The molecule has 1 aromatic rings. The van der Waals surface area contributed by atoms with Gasteiger partial charge in [0, 0.05) is 18.0 Å². The van der Waals surface area contributed by atoms with Gasteiger partial charge in [-0.1, -0.05) is 0 Å². The number of ether oxygens (including phenoxy) is 2. The first kappa shape index (κ1) is 13.6. The summed E-state index contributed by atoms with van der Waals surface area (Å²) in [6, 6.07) is 1.45. The highest BCUT2D eigenvalue weighted by Gasteiger charge is 2.26. The molecule has 1 saturated heterocycles. The molecule has 5 heteroatoms. The lowest BCUT2D eigenvalue weighted by molar-refractivity contribution is 0.337. The molecule has 1 unspecified atom stereocenters. The fraction of sp³-hybridized carbons (Fsp3) is 0.538. The molecule has 0 bridgehead atoms. The van der Waals surface area contributed by atoms with Gasteiger partial charge in [0.25, 0.3) is 0 Å². The summed E-state index contributed by atoms with van der Waals surface area (Å²) >= 11 is 3.30. The van der Waals surface area contributed by atoms with Gasteiger partial charge in [-0.05, 0) is 41.4 Å². The van der Waals surface area contributed by atoms with Crippen LogP contribution in [0, 0.1) is 5.82 Å². The van der Waals surface area contributed by atoms with Crippen molar-refractivity contribution in [2.75, 3.05) is 27.3 Å². The second-order valence-electron chi connectivity index (χ2n) is 4.36. The molecular weight excluding hydrogens is 301 g/mol. The average Bonchev–Trinajstić information content (AvgIpc) is 2.38. The quantitative estimate of drug-likeness (QED) is 0.929. The average molecular weight is 318 g/mol. The minimum absolute atomic E-state index is 0.135. The van der Waals surface area contributed by atoms with Gasteiger partial charge in [0.05, 0.1) is 18.7 Å². The van der Waals surface area contributed by atoms with E-state index in [0.29, 0.717) is 21.5 Å². The van der Waals surface area contributed by atoms with E-state index in [4.69, 9.17) is 9.47 Å². The molecule has 18 heavy (non-hydrogen) atoms. The van der Waals surface area contributed by atoms with Crippen LogP contribution in [0.5, 0.6) is 11.5 Å². The summed E-state index contributed by atoms with van der Waals surface area (Å²) < 4.78 is 25.4. The molecule has 1 aliphatic rings. The number of methoxy groups -OCH3 is 2. The van der Waals surface area contributed by atoms with Crippen molar-refractivity contribution >= 4 is 15.9 Å². The van der Waals surface area contributed by atoms with Gasteiger partial charge in [0.2, 0.25) is 0 Å². The van der Waals surface area contributed by atoms with Crippen LogP contribution in [0.4, 0.5) is 4.39 Å². The second-order valence-corrected chi connectivity index (χ2v) is 5.22. The highest BCUT2D eigenvalue weighted by molar-refractivity contribution is 9.10. The Morgan fingerprint density at radius 3 is 2.61 bits per heavy atom. The van der Waals surface area contributed by atoms with Gasteiger partial charge in [-0.2, -0.15) is 0 Å². The first-order valence-corrected chi connectivity index (χ1v) is 6.79. The van der Waals surface area contributed by atoms with Crippen molar-refractivity contribution in [3.8, 4) is 11.5 Å². The Balaban J connectivity index is 2.49. The van der Waals surface area contributed by atoms with Gasteiger partial charge >= 0.3 is 0 Å². The maximum atomic E-state index is 14.2. The topological polar surface area (TPSA) is 30.5 Å². The van der Waals surface area contributed by atoms with Crippen molar-refractivity contribution in [2.45, 2.75) is 18.8 Å². The summed E-state index contributed by atoms with van der Waals surface area (Å²) in [5.74, 6) is 0.946. The van der Waals surface area contributed by atoms with Crippen LogP contribution >= 0.6 is 15.9 Å². The first-order valence-electron chi connectivity index (χ1n) is 5.99. The van der Waals surface area contributed by atoms with Crippen molar-refractivity contribution in [3.63, 3.8) is 0 Å². The van der Waals surface area contributed by atoms with Crippen LogP contribution in [0.2, 0.25) is 0 Å². The van der Waals surface area contributed by atoms with Gasteiger partial charge in [-0.25, -0.2) is 4.39 Å². The Bertz CT molecular complexity index is 433. The van der Waals surface area contributed by atoms with Gasteiger partial charge in [0.15, 0.2) is 11.5 Å². The normalized spacial score (nSPS) is 19.7. The lowest BCUT2D eigenvalue weighted by Crippen LogP contribution is -2.29. The molecule has 0 spiro atoms. The molecule has 1 N–H and O–H groups in total. The Morgan fingerprint density at radius 1 is 1.33 bits per heavy atom. The summed E-state index contributed by atoms with van der Waals surface area (Å²) in [5, 5.41) is 3.29. The molecule has 0 aliphatic carbocycles. The van der Waals surface area contributed by atoms with E-state index in [1.807, 2.05) is 0 Å². The minimum Gasteiger partial charge on any atom is -0.492 e. The maximum absolute atomic E-state index is 14.2. The molecular formula is C13H17BrFNO2. The number of rotatable bonds is 3. The zero-order chi connectivity index (χ0) is 13.1. The predicted octanol–water partition coefficient (Wildman–Crippen LogP) is 3.07. The maximum Gasteiger partial charge on any atom is 0.175 e. The van der Waals surface area contributed by atoms with Crippen molar-refractivity contribution in [1.82, 2.24) is 5.32 Å². The standard InChI is InChI=1S/C13H17BrFNO2/c1-17-12-9(14)6-10(15)11(13(12)18-2)8-4-3-5-16-7-8/h6,8,16H,3-5,7H2,1-2H3. The highest BCUT2D eigenvalue weighted by Crippen LogP contribution is 2.44. The number of benzene rings is 1. The fourth-order valence-corrected chi connectivity index (χ4v) is 3.01. The van der Waals surface area contributed by atoms with E-state index in [9.17, 15) is 4.39 Å². The molecule has 1 aliphatic heterocycles. The number of piperidine rings is 1. The number of halogens is 2. The zero-order valence-electron chi connectivity index (χ0n) is 10.6. The largest absolute Gasteiger partial charge is 0.492 e. The summed E-state index contributed by atoms with van der Waals surface area (Å²) in [6.45, 7) is 1.77. The second kappa shape index (κ2) is 5.89. The van der Waals surface area contributed by atoms with Crippen LogP contribution < -0.4 is 14.8 Å². The van der Waals surface area contributed by atoms with Crippen molar-refractivity contribution in [1.29, 1.82) is 0 Å². The van der Waals surface area contributed by atoms with E-state index in [1.54, 1.807) is 14.2 Å². The third kappa shape index (κ3) is 2.47. The van der Waals surface area contributed by atoms with E-state index < -0.39 is 0 Å². The number of hydrogen-bond donors (Lipinski definition) is 1. The predicted molar refractivity (Wildman–Crippen MR) is 72.0 cm³/mol. The molecule has 0 radical (unpaired) electrons. The summed E-state index contributed by atoms with van der Waals surface area (Å²) in [4.78, 5) is 0. The molecule has 0 amide bonds. The third-order valence-electron chi connectivity index (χ3n) is 3.29. The van der Waals surface area contributed by atoms with Crippen LogP contribution in [0.1, 0.15) is 24.3 Å². The zero-order valence-corrected chi connectivity index (χ0v) is 12.1. The number of nitrogens with one attached hydrogen (secondary N) is 1. The summed E-state index contributed by atoms with van der Waals surface area (Å²) in [7, 11) is 3.10. The first-order chi connectivity index (χ1) is 8.69. The summed E-state index contributed by atoms with van der Waals surface area (Å²) in [6.07, 6.45) is 2.01. The van der Waals surface area contributed by atoms with Gasteiger partial charge < -0.3 is 14.8 Å². The molecule has 1 heterocycles.